The Balaban J connectivity index is 2.29. The Hall–Kier alpha value is -0.670. The largest absolute Gasteiger partial charge is 0.393 e. The zero-order valence-corrected chi connectivity index (χ0v) is 6.12. The SMILES string of the molecule is O=CC12C=CC(CO)(CC1)O2. The normalized spacial score (nSPS) is 46.6. The third-order valence-corrected chi connectivity index (χ3v) is 2.47. The van der Waals surface area contributed by atoms with Gasteiger partial charge < -0.3 is 9.84 Å². The van der Waals surface area contributed by atoms with Gasteiger partial charge in [0.2, 0.25) is 0 Å². The molecule has 2 heterocycles. The highest BCUT2D eigenvalue weighted by atomic mass is 16.5. The highest BCUT2D eigenvalue weighted by Crippen LogP contribution is 2.44. The minimum atomic E-state index is -0.706. The van der Waals surface area contributed by atoms with E-state index in [1.807, 2.05) is 0 Å². The van der Waals surface area contributed by atoms with Gasteiger partial charge in [-0.25, -0.2) is 0 Å². The number of aliphatic hydroxyl groups is 1. The van der Waals surface area contributed by atoms with Crippen molar-refractivity contribution in [3.05, 3.63) is 12.2 Å². The number of carbonyl (C=O) groups excluding carboxylic acids is 1. The minimum absolute atomic E-state index is 0.0287. The van der Waals surface area contributed by atoms with E-state index in [-0.39, 0.29) is 6.61 Å². The maximum absolute atomic E-state index is 10.6. The first kappa shape index (κ1) is 7.00. The van der Waals surface area contributed by atoms with Gasteiger partial charge in [0.05, 0.1) is 6.61 Å². The summed E-state index contributed by atoms with van der Waals surface area (Å²) < 4.78 is 5.42. The molecule has 2 atom stereocenters. The Morgan fingerprint density at radius 3 is 2.64 bits per heavy atom. The molecular formula is C8H10O3. The van der Waals surface area contributed by atoms with Gasteiger partial charge in [0.25, 0.3) is 0 Å². The van der Waals surface area contributed by atoms with Gasteiger partial charge in [0, 0.05) is 0 Å². The number of aldehydes is 1. The Kier molecular flexibility index (Phi) is 1.23. The number of hydrogen-bond donors (Lipinski definition) is 1. The van der Waals surface area contributed by atoms with Gasteiger partial charge in [-0.1, -0.05) is 6.08 Å². The number of aliphatic hydroxyl groups excluding tert-OH is 1. The van der Waals surface area contributed by atoms with Crippen molar-refractivity contribution in [2.45, 2.75) is 24.0 Å². The molecule has 1 saturated heterocycles. The van der Waals surface area contributed by atoms with Crippen molar-refractivity contribution >= 4 is 6.29 Å². The Morgan fingerprint density at radius 1 is 1.55 bits per heavy atom. The number of fused-ring (bicyclic) bond motifs is 2. The van der Waals surface area contributed by atoms with Crippen molar-refractivity contribution < 1.29 is 14.6 Å². The highest BCUT2D eigenvalue weighted by Gasteiger charge is 2.51. The number of ether oxygens (including phenoxy) is 1. The van der Waals surface area contributed by atoms with Crippen LogP contribution in [-0.2, 0) is 9.53 Å². The van der Waals surface area contributed by atoms with Gasteiger partial charge in [0.1, 0.15) is 11.2 Å². The molecule has 2 bridgehead atoms. The molecule has 0 aliphatic carbocycles. The molecule has 11 heavy (non-hydrogen) atoms. The topological polar surface area (TPSA) is 46.5 Å². The molecule has 2 aliphatic heterocycles. The fraction of sp³-hybridized carbons (Fsp3) is 0.625. The van der Waals surface area contributed by atoms with E-state index in [1.165, 1.54) is 0 Å². The van der Waals surface area contributed by atoms with Crippen molar-refractivity contribution in [1.82, 2.24) is 0 Å². The van der Waals surface area contributed by atoms with E-state index >= 15 is 0 Å². The number of carbonyl (C=O) groups is 1. The molecule has 3 heteroatoms. The fourth-order valence-corrected chi connectivity index (χ4v) is 1.70. The van der Waals surface area contributed by atoms with Gasteiger partial charge in [-0.15, -0.1) is 0 Å². The molecule has 2 unspecified atom stereocenters. The molecule has 3 nitrogen and oxygen atoms in total. The van der Waals surface area contributed by atoms with Crippen LogP contribution in [0.4, 0.5) is 0 Å². The molecule has 1 fully saturated rings. The second kappa shape index (κ2) is 1.93. The third kappa shape index (κ3) is 0.781. The van der Waals surface area contributed by atoms with E-state index in [9.17, 15) is 4.79 Å². The lowest BCUT2D eigenvalue weighted by atomic mass is 9.90. The lowest BCUT2D eigenvalue weighted by Crippen LogP contribution is -2.30. The zero-order valence-electron chi connectivity index (χ0n) is 6.12. The van der Waals surface area contributed by atoms with E-state index in [0.717, 1.165) is 12.7 Å². The Morgan fingerprint density at radius 2 is 2.36 bits per heavy atom. The van der Waals surface area contributed by atoms with E-state index < -0.39 is 11.2 Å². The quantitative estimate of drug-likeness (QED) is 0.451. The molecule has 0 saturated carbocycles. The smallest absolute Gasteiger partial charge is 0.155 e. The summed E-state index contributed by atoms with van der Waals surface area (Å²) in [7, 11) is 0. The van der Waals surface area contributed by atoms with Gasteiger partial charge >= 0.3 is 0 Å². The van der Waals surface area contributed by atoms with Crippen LogP contribution in [0.2, 0.25) is 0 Å². The third-order valence-electron chi connectivity index (χ3n) is 2.47. The molecule has 2 aliphatic rings. The van der Waals surface area contributed by atoms with Crippen LogP contribution < -0.4 is 0 Å². The second-order valence-electron chi connectivity index (χ2n) is 3.23. The monoisotopic (exact) mass is 154 g/mol. The van der Waals surface area contributed by atoms with Gasteiger partial charge in [-0.05, 0) is 18.9 Å². The van der Waals surface area contributed by atoms with Crippen molar-refractivity contribution in [3.63, 3.8) is 0 Å². The number of hydrogen-bond acceptors (Lipinski definition) is 3. The van der Waals surface area contributed by atoms with E-state index in [4.69, 9.17) is 9.84 Å². The van der Waals surface area contributed by atoms with Crippen LogP contribution in [0.5, 0.6) is 0 Å². The maximum Gasteiger partial charge on any atom is 0.155 e. The van der Waals surface area contributed by atoms with Crippen LogP contribution in [0, 0.1) is 0 Å². The lowest BCUT2D eigenvalue weighted by Gasteiger charge is -2.18. The first-order valence-electron chi connectivity index (χ1n) is 3.72. The van der Waals surface area contributed by atoms with E-state index in [0.29, 0.717) is 6.42 Å². The predicted octanol–water partition coefficient (Wildman–Crippen LogP) is 0.0354. The van der Waals surface area contributed by atoms with Crippen molar-refractivity contribution in [2.75, 3.05) is 6.61 Å². The summed E-state index contributed by atoms with van der Waals surface area (Å²) in [6.07, 6.45) is 5.81. The van der Waals surface area contributed by atoms with E-state index in [2.05, 4.69) is 0 Å². The lowest BCUT2D eigenvalue weighted by molar-refractivity contribution is -0.127. The van der Waals surface area contributed by atoms with Crippen LogP contribution in [0.1, 0.15) is 12.8 Å². The molecule has 0 spiro atoms. The Labute approximate surface area is 64.7 Å². The zero-order chi connectivity index (χ0) is 7.95. The summed E-state index contributed by atoms with van der Waals surface area (Å²) in [6.45, 7) is -0.0287. The molecule has 60 valence electrons. The predicted molar refractivity (Wildman–Crippen MR) is 38.1 cm³/mol. The van der Waals surface area contributed by atoms with Gasteiger partial charge in [0.15, 0.2) is 6.29 Å². The standard InChI is InChI=1S/C8H10O3/c9-5-7-1-2-8(6-10,11-7)4-3-7/h1-2,5,10H,3-4,6H2. The molecular weight excluding hydrogens is 144 g/mol. The maximum atomic E-state index is 10.6. The molecule has 0 amide bonds. The molecule has 1 N–H and O–H groups in total. The average molecular weight is 154 g/mol. The summed E-state index contributed by atoms with van der Waals surface area (Å²) in [5.41, 5.74) is -1.25. The van der Waals surface area contributed by atoms with Crippen molar-refractivity contribution in [1.29, 1.82) is 0 Å². The van der Waals surface area contributed by atoms with Gasteiger partial charge in [-0.3, -0.25) is 4.79 Å². The van der Waals surface area contributed by atoms with Crippen molar-refractivity contribution in [2.24, 2.45) is 0 Å². The first-order valence-corrected chi connectivity index (χ1v) is 3.72. The molecule has 0 aromatic heterocycles. The summed E-state index contributed by atoms with van der Waals surface area (Å²) in [5, 5.41) is 8.96. The summed E-state index contributed by atoms with van der Waals surface area (Å²) in [5.74, 6) is 0. The average Bonchev–Trinajstić information content (AvgIpc) is 2.61. The fourth-order valence-electron chi connectivity index (χ4n) is 1.70. The highest BCUT2D eigenvalue weighted by molar-refractivity contribution is 5.68. The Bertz CT molecular complexity index is 223. The second-order valence-corrected chi connectivity index (χ2v) is 3.23. The molecule has 0 aromatic rings. The van der Waals surface area contributed by atoms with E-state index in [1.54, 1.807) is 12.2 Å². The molecule has 2 rings (SSSR count). The summed E-state index contributed by atoms with van der Waals surface area (Å²) >= 11 is 0. The van der Waals surface area contributed by atoms with Crippen LogP contribution in [-0.4, -0.2) is 29.2 Å². The first-order chi connectivity index (χ1) is 5.24. The van der Waals surface area contributed by atoms with Crippen molar-refractivity contribution in [3.8, 4) is 0 Å². The molecule has 0 aromatic carbocycles. The minimum Gasteiger partial charge on any atom is -0.393 e. The van der Waals surface area contributed by atoms with Crippen LogP contribution in [0.15, 0.2) is 12.2 Å². The number of rotatable bonds is 2. The van der Waals surface area contributed by atoms with Crippen LogP contribution in [0.3, 0.4) is 0 Å². The molecule has 0 radical (unpaired) electrons. The van der Waals surface area contributed by atoms with Crippen LogP contribution in [0.25, 0.3) is 0 Å². The summed E-state index contributed by atoms with van der Waals surface area (Å²) in [4.78, 5) is 10.6. The van der Waals surface area contributed by atoms with Crippen LogP contribution >= 0.6 is 0 Å². The van der Waals surface area contributed by atoms with Gasteiger partial charge in [-0.2, -0.15) is 0 Å². The summed E-state index contributed by atoms with van der Waals surface area (Å²) in [6, 6.07) is 0.